The maximum absolute atomic E-state index is 12.1. The van der Waals surface area contributed by atoms with Crippen LogP contribution in [-0.4, -0.2) is 17.3 Å². The number of alkyl halides is 3. The summed E-state index contributed by atoms with van der Waals surface area (Å²) in [6.07, 6.45) is -1.60. The largest absolute Gasteiger partial charge is 0.573 e. The van der Waals surface area contributed by atoms with E-state index in [1.54, 1.807) is 36.7 Å². The van der Waals surface area contributed by atoms with Crippen LogP contribution in [0.25, 0.3) is 11.5 Å². The monoisotopic (exact) mass is 362 g/mol. The van der Waals surface area contributed by atoms with Crippen LogP contribution in [0.3, 0.4) is 0 Å². The molecule has 0 saturated carbocycles. The lowest BCUT2D eigenvalue weighted by atomic mass is 10.2. The highest BCUT2D eigenvalue weighted by molar-refractivity contribution is 5.94. The summed E-state index contributed by atoms with van der Waals surface area (Å²) in [5, 5.41) is 2.67. The van der Waals surface area contributed by atoms with Gasteiger partial charge in [-0.15, -0.1) is 13.2 Å². The zero-order valence-electron chi connectivity index (χ0n) is 13.3. The molecule has 1 aromatic carbocycles. The molecule has 8 heteroatoms. The van der Waals surface area contributed by atoms with E-state index in [-0.39, 0.29) is 17.9 Å². The highest BCUT2D eigenvalue weighted by Crippen LogP contribution is 2.22. The van der Waals surface area contributed by atoms with Gasteiger partial charge >= 0.3 is 6.36 Å². The number of nitrogens with zero attached hydrogens (tertiary/aromatic N) is 1. The van der Waals surface area contributed by atoms with Gasteiger partial charge in [-0.2, -0.15) is 0 Å². The standard InChI is InChI=1S/C18H13F3N2O3/c19-18(20,21)26-14-6-4-13(5-7-14)17(24)23-11-12-3-8-15(22-10-12)16-2-1-9-25-16/h1-10H,11H2,(H,23,24). The summed E-state index contributed by atoms with van der Waals surface area (Å²) in [5.74, 6) is -0.160. The number of benzene rings is 1. The Morgan fingerprint density at radius 2 is 1.88 bits per heavy atom. The van der Waals surface area contributed by atoms with Gasteiger partial charge < -0.3 is 14.5 Å². The van der Waals surface area contributed by atoms with Crippen molar-refractivity contribution in [1.82, 2.24) is 10.3 Å². The fourth-order valence-electron chi connectivity index (χ4n) is 2.19. The fraction of sp³-hybridized carbons (Fsp3) is 0.111. The molecule has 5 nitrogen and oxygen atoms in total. The molecule has 3 rings (SSSR count). The van der Waals surface area contributed by atoms with Crippen LogP contribution in [0, 0.1) is 0 Å². The minimum absolute atomic E-state index is 0.222. The van der Waals surface area contributed by atoms with Crippen LogP contribution in [-0.2, 0) is 6.54 Å². The van der Waals surface area contributed by atoms with Crippen LogP contribution in [0.2, 0.25) is 0 Å². The van der Waals surface area contributed by atoms with E-state index in [1.165, 1.54) is 12.1 Å². The lowest BCUT2D eigenvalue weighted by Crippen LogP contribution is -2.23. The van der Waals surface area contributed by atoms with Gasteiger partial charge in [-0.25, -0.2) is 0 Å². The fourth-order valence-corrected chi connectivity index (χ4v) is 2.19. The number of rotatable bonds is 5. The molecule has 0 saturated heterocycles. The van der Waals surface area contributed by atoms with Crippen LogP contribution in [0.1, 0.15) is 15.9 Å². The molecular weight excluding hydrogens is 349 g/mol. The van der Waals surface area contributed by atoms with Gasteiger partial charge in [-0.3, -0.25) is 9.78 Å². The molecular formula is C18H13F3N2O3. The van der Waals surface area contributed by atoms with Crippen molar-refractivity contribution < 1.29 is 27.1 Å². The quantitative estimate of drug-likeness (QED) is 0.740. The third-order valence-electron chi connectivity index (χ3n) is 3.40. The van der Waals surface area contributed by atoms with Gasteiger partial charge in [-0.05, 0) is 48.0 Å². The third-order valence-corrected chi connectivity index (χ3v) is 3.40. The van der Waals surface area contributed by atoms with Gasteiger partial charge in [0.1, 0.15) is 11.4 Å². The molecule has 3 aromatic rings. The van der Waals surface area contributed by atoms with Gasteiger partial charge in [0.25, 0.3) is 5.91 Å². The minimum atomic E-state index is -4.77. The van der Waals surface area contributed by atoms with Crippen molar-refractivity contribution in [3.8, 4) is 17.2 Å². The number of hydrogen-bond acceptors (Lipinski definition) is 4. The Morgan fingerprint density at radius 1 is 1.12 bits per heavy atom. The summed E-state index contributed by atoms with van der Waals surface area (Å²) in [5.41, 5.74) is 1.66. The summed E-state index contributed by atoms with van der Waals surface area (Å²) in [7, 11) is 0. The average molecular weight is 362 g/mol. The SMILES string of the molecule is O=C(NCc1ccc(-c2ccco2)nc1)c1ccc(OC(F)(F)F)cc1. The van der Waals surface area contributed by atoms with Crippen LogP contribution in [0.5, 0.6) is 5.75 Å². The molecule has 0 spiro atoms. The molecule has 0 radical (unpaired) electrons. The van der Waals surface area contributed by atoms with Gasteiger partial charge in [0, 0.05) is 18.3 Å². The molecule has 26 heavy (non-hydrogen) atoms. The molecule has 2 heterocycles. The van der Waals surface area contributed by atoms with Gasteiger partial charge in [-0.1, -0.05) is 6.07 Å². The van der Waals surface area contributed by atoms with E-state index >= 15 is 0 Å². The van der Waals surface area contributed by atoms with Crippen molar-refractivity contribution in [3.05, 3.63) is 72.1 Å². The lowest BCUT2D eigenvalue weighted by molar-refractivity contribution is -0.274. The van der Waals surface area contributed by atoms with Crippen LogP contribution in [0.4, 0.5) is 13.2 Å². The first-order valence-electron chi connectivity index (χ1n) is 7.53. The number of nitrogens with one attached hydrogen (secondary N) is 1. The highest BCUT2D eigenvalue weighted by Gasteiger charge is 2.31. The molecule has 0 aliphatic heterocycles. The minimum Gasteiger partial charge on any atom is -0.463 e. The first-order valence-corrected chi connectivity index (χ1v) is 7.53. The van der Waals surface area contributed by atoms with E-state index in [9.17, 15) is 18.0 Å². The number of hydrogen-bond donors (Lipinski definition) is 1. The van der Waals surface area contributed by atoms with E-state index < -0.39 is 12.3 Å². The lowest BCUT2D eigenvalue weighted by Gasteiger charge is -2.09. The van der Waals surface area contributed by atoms with Crippen molar-refractivity contribution in [2.24, 2.45) is 0 Å². The number of aromatic nitrogens is 1. The van der Waals surface area contributed by atoms with Crippen molar-refractivity contribution in [3.63, 3.8) is 0 Å². The molecule has 134 valence electrons. The van der Waals surface area contributed by atoms with E-state index in [2.05, 4.69) is 15.0 Å². The van der Waals surface area contributed by atoms with Crippen molar-refractivity contribution in [2.75, 3.05) is 0 Å². The van der Waals surface area contributed by atoms with Crippen molar-refractivity contribution in [2.45, 2.75) is 12.9 Å². The second-order valence-corrected chi connectivity index (χ2v) is 5.28. The second kappa shape index (κ2) is 7.30. The second-order valence-electron chi connectivity index (χ2n) is 5.28. The predicted molar refractivity (Wildman–Crippen MR) is 86.2 cm³/mol. The Morgan fingerprint density at radius 3 is 2.46 bits per heavy atom. The number of ether oxygens (including phenoxy) is 1. The zero-order chi connectivity index (χ0) is 18.6. The molecule has 0 aliphatic carbocycles. The first-order chi connectivity index (χ1) is 12.4. The van der Waals surface area contributed by atoms with Gasteiger partial charge in [0.2, 0.25) is 0 Å². The predicted octanol–water partition coefficient (Wildman–Crippen LogP) is 4.17. The highest BCUT2D eigenvalue weighted by atomic mass is 19.4. The number of pyridine rings is 1. The van der Waals surface area contributed by atoms with Crippen LogP contribution < -0.4 is 10.1 Å². The first kappa shape index (κ1) is 17.5. The molecule has 0 bridgehead atoms. The summed E-state index contributed by atoms with van der Waals surface area (Å²) in [6, 6.07) is 11.8. The topological polar surface area (TPSA) is 64.4 Å². The van der Waals surface area contributed by atoms with Gasteiger partial charge in [0.15, 0.2) is 5.76 Å². The molecule has 1 N–H and O–H groups in total. The van der Waals surface area contributed by atoms with Crippen molar-refractivity contribution in [1.29, 1.82) is 0 Å². The maximum Gasteiger partial charge on any atom is 0.573 e. The molecule has 0 unspecified atom stereocenters. The summed E-state index contributed by atoms with van der Waals surface area (Å²) in [4.78, 5) is 16.3. The van der Waals surface area contributed by atoms with Crippen LogP contribution >= 0.6 is 0 Å². The summed E-state index contributed by atoms with van der Waals surface area (Å²) in [6.45, 7) is 0.227. The number of carbonyl (C=O) groups excluding carboxylic acids is 1. The molecule has 0 fully saturated rings. The Hall–Kier alpha value is -3.29. The van der Waals surface area contributed by atoms with E-state index in [0.717, 1.165) is 17.7 Å². The number of halogens is 3. The van der Waals surface area contributed by atoms with Crippen LogP contribution in [0.15, 0.2) is 65.4 Å². The Balaban J connectivity index is 1.56. The Kier molecular flexibility index (Phi) is 4.92. The Bertz CT molecular complexity index is 858. The van der Waals surface area contributed by atoms with Crippen molar-refractivity contribution >= 4 is 5.91 Å². The van der Waals surface area contributed by atoms with E-state index in [1.807, 2.05) is 0 Å². The normalized spacial score (nSPS) is 11.2. The van der Waals surface area contributed by atoms with E-state index in [0.29, 0.717) is 11.5 Å². The molecule has 0 aliphatic rings. The van der Waals surface area contributed by atoms with Gasteiger partial charge in [0.05, 0.1) is 6.26 Å². The average Bonchev–Trinajstić information content (AvgIpc) is 3.14. The molecule has 0 atom stereocenters. The number of amides is 1. The summed E-state index contributed by atoms with van der Waals surface area (Å²) >= 11 is 0. The number of furan rings is 1. The van der Waals surface area contributed by atoms with E-state index in [4.69, 9.17) is 4.42 Å². The molecule has 1 amide bonds. The zero-order valence-corrected chi connectivity index (χ0v) is 13.3. The third kappa shape index (κ3) is 4.62. The molecule has 2 aromatic heterocycles. The Labute approximate surface area is 146 Å². The summed E-state index contributed by atoms with van der Waals surface area (Å²) < 4.78 is 45.3. The number of carbonyl (C=O) groups is 1. The maximum atomic E-state index is 12.1. The smallest absolute Gasteiger partial charge is 0.463 e.